The SMILES string of the molecule is CC(C)C(CCO)NC(C)C12CC3CC(CC(C3)C1)C2. The van der Waals surface area contributed by atoms with Crippen molar-refractivity contribution in [3.05, 3.63) is 0 Å². The van der Waals surface area contributed by atoms with Crippen molar-refractivity contribution in [2.75, 3.05) is 6.61 Å². The number of hydrogen-bond donors (Lipinski definition) is 2. The summed E-state index contributed by atoms with van der Waals surface area (Å²) in [6.07, 6.45) is 9.88. The van der Waals surface area contributed by atoms with E-state index in [0.29, 0.717) is 30.0 Å². The molecule has 0 aromatic heterocycles. The molecule has 2 heteroatoms. The Labute approximate surface area is 124 Å². The summed E-state index contributed by atoms with van der Waals surface area (Å²) in [5.74, 6) is 3.70. The Bertz CT molecular complexity index is 303. The zero-order chi connectivity index (χ0) is 14.3. The van der Waals surface area contributed by atoms with Crippen LogP contribution in [0.25, 0.3) is 0 Å². The van der Waals surface area contributed by atoms with Crippen LogP contribution in [0.1, 0.15) is 65.7 Å². The maximum atomic E-state index is 9.29. The highest BCUT2D eigenvalue weighted by Gasteiger charge is 2.53. The lowest BCUT2D eigenvalue weighted by Gasteiger charge is -2.59. The quantitative estimate of drug-likeness (QED) is 0.779. The lowest BCUT2D eigenvalue weighted by molar-refractivity contribution is -0.0733. The first-order valence-electron chi connectivity index (χ1n) is 8.89. The lowest BCUT2D eigenvalue weighted by atomic mass is 9.48. The average molecular weight is 279 g/mol. The molecule has 116 valence electrons. The summed E-state index contributed by atoms with van der Waals surface area (Å²) in [4.78, 5) is 0. The zero-order valence-corrected chi connectivity index (χ0v) is 13.6. The second-order valence-corrected chi connectivity index (χ2v) is 8.53. The van der Waals surface area contributed by atoms with Crippen molar-refractivity contribution in [2.45, 2.75) is 77.8 Å². The van der Waals surface area contributed by atoms with Gasteiger partial charge >= 0.3 is 0 Å². The lowest BCUT2D eigenvalue weighted by Crippen LogP contribution is -2.57. The first-order chi connectivity index (χ1) is 9.52. The molecule has 2 nitrogen and oxygen atoms in total. The maximum Gasteiger partial charge on any atom is 0.0445 e. The van der Waals surface area contributed by atoms with E-state index in [1.165, 1.54) is 38.5 Å². The molecule has 20 heavy (non-hydrogen) atoms. The first-order valence-corrected chi connectivity index (χ1v) is 8.89. The fraction of sp³-hybridized carbons (Fsp3) is 1.00. The van der Waals surface area contributed by atoms with Gasteiger partial charge in [0.25, 0.3) is 0 Å². The third kappa shape index (κ3) is 2.66. The van der Waals surface area contributed by atoms with Crippen LogP contribution in [0.4, 0.5) is 0 Å². The molecule has 0 radical (unpaired) electrons. The molecule has 0 aromatic carbocycles. The van der Waals surface area contributed by atoms with Crippen LogP contribution in [-0.2, 0) is 0 Å². The highest BCUT2D eigenvalue weighted by molar-refractivity contribution is 5.05. The fourth-order valence-corrected chi connectivity index (χ4v) is 5.95. The second-order valence-electron chi connectivity index (χ2n) is 8.53. The predicted octanol–water partition coefficient (Wildman–Crippen LogP) is 3.59. The molecular weight excluding hydrogens is 246 g/mol. The molecule has 4 fully saturated rings. The van der Waals surface area contributed by atoms with E-state index >= 15 is 0 Å². The Kier molecular flexibility index (Phi) is 4.16. The van der Waals surface area contributed by atoms with Gasteiger partial charge in [-0.1, -0.05) is 13.8 Å². The maximum absolute atomic E-state index is 9.29. The third-order valence-corrected chi connectivity index (χ3v) is 6.71. The van der Waals surface area contributed by atoms with E-state index in [1.54, 1.807) is 0 Å². The summed E-state index contributed by atoms with van der Waals surface area (Å²) in [5.41, 5.74) is 0.581. The van der Waals surface area contributed by atoms with Gasteiger partial charge in [-0.15, -0.1) is 0 Å². The van der Waals surface area contributed by atoms with Gasteiger partial charge in [0.1, 0.15) is 0 Å². The summed E-state index contributed by atoms with van der Waals surface area (Å²) < 4.78 is 0. The van der Waals surface area contributed by atoms with Crippen LogP contribution in [0.5, 0.6) is 0 Å². The van der Waals surface area contributed by atoms with Gasteiger partial charge < -0.3 is 10.4 Å². The van der Waals surface area contributed by atoms with E-state index in [0.717, 1.165) is 24.2 Å². The van der Waals surface area contributed by atoms with E-state index < -0.39 is 0 Å². The standard InChI is InChI=1S/C18H33NO/c1-12(2)17(4-5-20)19-13(3)18-9-14-6-15(10-18)8-16(7-14)11-18/h12-17,19-20H,4-11H2,1-3H3. The van der Waals surface area contributed by atoms with Crippen molar-refractivity contribution < 1.29 is 5.11 Å². The topological polar surface area (TPSA) is 32.3 Å². The highest BCUT2D eigenvalue weighted by Crippen LogP contribution is 2.61. The van der Waals surface area contributed by atoms with Crippen molar-refractivity contribution in [2.24, 2.45) is 29.1 Å². The molecule has 0 saturated heterocycles. The van der Waals surface area contributed by atoms with Gasteiger partial charge in [-0.05, 0) is 81.0 Å². The van der Waals surface area contributed by atoms with Gasteiger partial charge in [-0.3, -0.25) is 0 Å². The van der Waals surface area contributed by atoms with Gasteiger partial charge in [0.15, 0.2) is 0 Å². The molecule has 4 aliphatic rings. The predicted molar refractivity (Wildman–Crippen MR) is 83.5 cm³/mol. The summed E-state index contributed by atoms with van der Waals surface area (Å²) in [7, 11) is 0. The smallest absolute Gasteiger partial charge is 0.0445 e. The first kappa shape index (κ1) is 14.8. The Morgan fingerprint density at radius 1 is 1.00 bits per heavy atom. The molecular formula is C18H33NO. The molecule has 4 rings (SSSR count). The van der Waals surface area contributed by atoms with E-state index in [4.69, 9.17) is 0 Å². The molecule has 4 saturated carbocycles. The Morgan fingerprint density at radius 2 is 1.50 bits per heavy atom. The van der Waals surface area contributed by atoms with Gasteiger partial charge in [0.05, 0.1) is 0 Å². The summed E-state index contributed by atoms with van der Waals surface area (Å²) in [6.45, 7) is 7.29. The molecule has 0 spiro atoms. The summed E-state index contributed by atoms with van der Waals surface area (Å²) >= 11 is 0. The van der Waals surface area contributed by atoms with Gasteiger partial charge in [-0.2, -0.15) is 0 Å². The Hall–Kier alpha value is -0.0800. The average Bonchev–Trinajstić information content (AvgIpc) is 2.36. The molecule has 2 atom stereocenters. The van der Waals surface area contributed by atoms with Gasteiger partial charge in [-0.25, -0.2) is 0 Å². The van der Waals surface area contributed by atoms with E-state index in [9.17, 15) is 5.11 Å². The largest absolute Gasteiger partial charge is 0.396 e. The van der Waals surface area contributed by atoms with Crippen LogP contribution in [0, 0.1) is 29.1 Å². The van der Waals surface area contributed by atoms with Crippen molar-refractivity contribution >= 4 is 0 Å². The minimum absolute atomic E-state index is 0.309. The monoisotopic (exact) mass is 279 g/mol. The molecule has 2 unspecified atom stereocenters. The molecule has 4 bridgehead atoms. The Morgan fingerprint density at radius 3 is 1.90 bits per heavy atom. The van der Waals surface area contributed by atoms with Crippen molar-refractivity contribution in [1.29, 1.82) is 0 Å². The third-order valence-electron chi connectivity index (χ3n) is 6.71. The Balaban J connectivity index is 1.68. The number of nitrogens with one attached hydrogen (secondary N) is 1. The highest BCUT2D eigenvalue weighted by atomic mass is 16.3. The van der Waals surface area contributed by atoms with Crippen molar-refractivity contribution in [3.63, 3.8) is 0 Å². The van der Waals surface area contributed by atoms with E-state index in [1.807, 2.05) is 0 Å². The molecule has 4 aliphatic carbocycles. The number of aliphatic hydroxyl groups is 1. The molecule has 2 N–H and O–H groups in total. The van der Waals surface area contributed by atoms with Crippen LogP contribution in [0.3, 0.4) is 0 Å². The van der Waals surface area contributed by atoms with Gasteiger partial charge in [0.2, 0.25) is 0 Å². The van der Waals surface area contributed by atoms with Crippen molar-refractivity contribution in [1.82, 2.24) is 5.32 Å². The summed E-state index contributed by atoms with van der Waals surface area (Å²) in [5, 5.41) is 13.2. The molecule has 0 aromatic rings. The number of rotatable bonds is 6. The van der Waals surface area contributed by atoms with Crippen LogP contribution in [0.15, 0.2) is 0 Å². The number of aliphatic hydroxyl groups excluding tert-OH is 1. The normalized spacial score (nSPS) is 42.1. The van der Waals surface area contributed by atoms with E-state index in [2.05, 4.69) is 26.1 Å². The molecule has 0 heterocycles. The van der Waals surface area contributed by atoms with Gasteiger partial charge in [0, 0.05) is 18.7 Å². The molecule has 0 amide bonds. The van der Waals surface area contributed by atoms with E-state index in [-0.39, 0.29) is 0 Å². The minimum atomic E-state index is 0.309. The minimum Gasteiger partial charge on any atom is -0.396 e. The molecule has 0 aliphatic heterocycles. The fourth-order valence-electron chi connectivity index (χ4n) is 5.95. The zero-order valence-electron chi connectivity index (χ0n) is 13.6. The summed E-state index contributed by atoms with van der Waals surface area (Å²) in [6, 6.07) is 1.10. The number of hydrogen-bond acceptors (Lipinski definition) is 2. The van der Waals surface area contributed by atoms with Crippen LogP contribution in [0.2, 0.25) is 0 Å². The van der Waals surface area contributed by atoms with Crippen LogP contribution < -0.4 is 5.32 Å². The van der Waals surface area contributed by atoms with Crippen molar-refractivity contribution in [3.8, 4) is 0 Å². The van der Waals surface area contributed by atoms with Crippen LogP contribution in [-0.4, -0.2) is 23.8 Å². The second kappa shape index (κ2) is 5.61. The van der Waals surface area contributed by atoms with Crippen LogP contribution >= 0.6 is 0 Å².